The second kappa shape index (κ2) is 11.7. The third-order valence-corrected chi connectivity index (χ3v) is 7.19. The lowest BCUT2D eigenvalue weighted by molar-refractivity contribution is 0.0853. The molecule has 1 aliphatic heterocycles. The highest BCUT2D eigenvalue weighted by Gasteiger charge is 2.28. The first-order valence-corrected chi connectivity index (χ1v) is 13.3. The van der Waals surface area contributed by atoms with Crippen LogP contribution in [0.3, 0.4) is 0 Å². The van der Waals surface area contributed by atoms with E-state index in [2.05, 4.69) is 28.3 Å². The fourth-order valence-electron chi connectivity index (χ4n) is 4.76. The van der Waals surface area contributed by atoms with E-state index >= 15 is 0 Å². The van der Waals surface area contributed by atoms with Crippen LogP contribution in [0, 0.1) is 0 Å². The molecule has 1 aromatic carbocycles. The Hall–Kier alpha value is -2.78. The zero-order valence-corrected chi connectivity index (χ0v) is 22.1. The number of hydrogen-bond donors (Lipinski definition) is 2. The van der Waals surface area contributed by atoms with Crippen LogP contribution >= 0.6 is 11.6 Å². The van der Waals surface area contributed by atoms with Crippen LogP contribution in [0.15, 0.2) is 42.7 Å². The highest BCUT2D eigenvalue weighted by molar-refractivity contribution is 6.31. The van der Waals surface area contributed by atoms with Crippen molar-refractivity contribution in [2.45, 2.75) is 43.7 Å². The minimum atomic E-state index is -0.626. The molecule has 0 spiro atoms. The summed E-state index contributed by atoms with van der Waals surface area (Å²) >= 11 is 6.49. The summed E-state index contributed by atoms with van der Waals surface area (Å²) in [6.45, 7) is 2.10. The number of ether oxygens (including phenoxy) is 2. The predicted molar refractivity (Wildman–Crippen MR) is 145 cm³/mol. The van der Waals surface area contributed by atoms with E-state index in [0.29, 0.717) is 35.1 Å². The van der Waals surface area contributed by atoms with Crippen LogP contribution < -0.4 is 15.0 Å². The normalized spacial score (nSPS) is 17.0. The smallest absolute Gasteiger partial charge is 0.162 e. The molecule has 5 rings (SSSR count). The maximum atomic E-state index is 10.1. The number of nitrogens with one attached hydrogen (secondary N) is 1. The van der Waals surface area contributed by atoms with Gasteiger partial charge >= 0.3 is 0 Å². The van der Waals surface area contributed by atoms with E-state index in [-0.39, 0.29) is 6.61 Å². The molecule has 3 heterocycles. The topological polar surface area (TPSA) is 92.6 Å². The van der Waals surface area contributed by atoms with Gasteiger partial charge in [0.1, 0.15) is 24.3 Å². The summed E-state index contributed by atoms with van der Waals surface area (Å²) in [6.07, 6.45) is 7.44. The molecule has 2 fully saturated rings. The number of anilines is 1. The fourth-order valence-corrected chi connectivity index (χ4v) is 4.99. The molecule has 8 nitrogen and oxygen atoms in total. The number of aromatic nitrogens is 3. The molecule has 2 aromatic heterocycles. The van der Waals surface area contributed by atoms with E-state index in [9.17, 15) is 5.11 Å². The van der Waals surface area contributed by atoms with Gasteiger partial charge in [0.25, 0.3) is 0 Å². The summed E-state index contributed by atoms with van der Waals surface area (Å²) in [5.74, 6) is 2.54. The van der Waals surface area contributed by atoms with Gasteiger partial charge in [0.05, 0.1) is 5.69 Å². The Kier molecular flexibility index (Phi) is 8.20. The Bertz CT molecular complexity index is 1220. The molecule has 1 aliphatic carbocycles. The minimum Gasteiger partial charge on any atom is -0.491 e. The van der Waals surface area contributed by atoms with Gasteiger partial charge in [-0.15, -0.1) is 0 Å². The maximum Gasteiger partial charge on any atom is 0.162 e. The lowest BCUT2D eigenvalue weighted by Gasteiger charge is -2.32. The second-order valence-electron chi connectivity index (χ2n) is 9.82. The fraction of sp³-hybridized carbons (Fsp3) is 0.464. The van der Waals surface area contributed by atoms with Crippen molar-refractivity contribution >= 4 is 17.4 Å². The quantitative estimate of drug-likeness (QED) is 0.406. The number of aliphatic hydroxyl groups excluding tert-OH is 1. The second-order valence-corrected chi connectivity index (χ2v) is 10.3. The van der Waals surface area contributed by atoms with Crippen molar-refractivity contribution in [1.82, 2.24) is 20.3 Å². The van der Waals surface area contributed by atoms with E-state index in [1.165, 1.54) is 18.4 Å². The van der Waals surface area contributed by atoms with Gasteiger partial charge in [-0.25, -0.2) is 9.97 Å². The van der Waals surface area contributed by atoms with Gasteiger partial charge in [-0.1, -0.05) is 11.6 Å². The van der Waals surface area contributed by atoms with Crippen LogP contribution in [0.2, 0.25) is 5.02 Å². The minimum absolute atomic E-state index is 0.154. The number of halogens is 1. The van der Waals surface area contributed by atoms with Gasteiger partial charge < -0.3 is 24.8 Å². The molecule has 1 unspecified atom stereocenters. The van der Waals surface area contributed by atoms with Crippen molar-refractivity contribution in [1.29, 1.82) is 0 Å². The van der Waals surface area contributed by atoms with Crippen LogP contribution in [0.1, 0.15) is 37.2 Å². The van der Waals surface area contributed by atoms with Crippen LogP contribution in [-0.2, 0) is 4.74 Å². The van der Waals surface area contributed by atoms with Gasteiger partial charge in [-0.2, -0.15) is 0 Å². The Morgan fingerprint density at radius 1 is 1.16 bits per heavy atom. The van der Waals surface area contributed by atoms with Crippen LogP contribution in [0.5, 0.6) is 5.75 Å². The molecular weight excluding hydrogens is 490 g/mol. The molecule has 37 heavy (non-hydrogen) atoms. The SMILES string of the molecule is CNCC(O)COc1cc(Cl)cc(-c2nc(-c3ccncc3C3CC3)cc(N(C)C3CCOCC3)n2)c1. The van der Waals surface area contributed by atoms with E-state index in [1.54, 1.807) is 13.1 Å². The number of nitrogens with zero attached hydrogens (tertiary/aromatic N) is 4. The van der Waals surface area contributed by atoms with Crippen LogP contribution in [0.4, 0.5) is 5.82 Å². The van der Waals surface area contributed by atoms with Crippen molar-refractivity contribution in [3.63, 3.8) is 0 Å². The van der Waals surface area contributed by atoms with Gasteiger partial charge in [-0.3, -0.25) is 4.98 Å². The molecule has 1 saturated carbocycles. The monoisotopic (exact) mass is 523 g/mol. The molecule has 2 aliphatic rings. The van der Waals surface area contributed by atoms with Gasteiger partial charge in [-0.05, 0) is 68.5 Å². The van der Waals surface area contributed by atoms with Gasteiger partial charge in [0.15, 0.2) is 5.82 Å². The Balaban J connectivity index is 1.54. The zero-order valence-electron chi connectivity index (χ0n) is 21.4. The van der Waals surface area contributed by atoms with Crippen LogP contribution in [-0.4, -0.2) is 72.7 Å². The number of benzene rings is 1. The van der Waals surface area contributed by atoms with E-state index < -0.39 is 6.10 Å². The number of likely N-dealkylation sites (N-methyl/N-ethyl adjacent to an activating group) is 1. The highest BCUT2D eigenvalue weighted by Crippen LogP contribution is 2.44. The average molecular weight is 524 g/mol. The summed E-state index contributed by atoms with van der Waals surface area (Å²) in [5.41, 5.74) is 3.96. The van der Waals surface area contributed by atoms with Crippen LogP contribution in [0.25, 0.3) is 22.6 Å². The van der Waals surface area contributed by atoms with Crippen molar-refractivity contribution in [2.24, 2.45) is 0 Å². The van der Waals surface area contributed by atoms with Crippen molar-refractivity contribution in [2.75, 3.05) is 45.4 Å². The van der Waals surface area contributed by atoms with Gasteiger partial charge in [0, 0.05) is 67.5 Å². The molecule has 0 bridgehead atoms. The van der Waals surface area contributed by atoms with Crippen molar-refractivity contribution in [3.05, 3.63) is 53.3 Å². The predicted octanol–water partition coefficient (Wildman–Crippen LogP) is 4.31. The summed E-state index contributed by atoms with van der Waals surface area (Å²) in [6, 6.07) is 9.94. The van der Waals surface area contributed by atoms with E-state index in [4.69, 9.17) is 31.0 Å². The summed E-state index contributed by atoms with van der Waals surface area (Å²) in [7, 11) is 3.88. The average Bonchev–Trinajstić information content (AvgIpc) is 3.77. The molecule has 9 heteroatoms. The Morgan fingerprint density at radius 2 is 1.97 bits per heavy atom. The third kappa shape index (κ3) is 6.38. The Morgan fingerprint density at radius 3 is 2.73 bits per heavy atom. The van der Waals surface area contributed by atoms with Gasteiger partial charge in [0.2, 0.25) is 0 Å². The van der Waals surface area contributed by atoms with Crippen molar-refractivity contribution in [3.8, 4) is 28.4 Å². The third-order valence-electron chi connectivity index (χ3n) is 6.97. The molecule has 196 valence electrons. The number of pyridine rings is 1. The summed E-state index contributed by atoms with van der Waals surface area (Å²) < 4.78 is 11.4. The molecule has 3 aromatic rings. The largest absolute Gasteiger partial charge is 0.491 e. The first-order chi connectivity index (χ1) is 18.0. The van der Waals surface area contributed by atoms with E-state index in [1.807, 2.05) is 30.6 Å². The lowest BCUT2D eigenvalue weighted by atomic mass is 10.0. The Labute approximate surface area is 223 Å². The molecule has 1 atom stereocenters. The molecule has 0 radical (unpaired) electrons. The summed E-state index contributed by atoms with van der Waals surface area (Å²) in [4.78, 5) is 16.6. The first-order valence-electron chi connectivity index (χ1n) is 12.9. The first kappa shape index (κ1) is 25.9. The summed E-state index contributed by atoms with van der Waals surface area (Å²) in [5, 5.41) is 13.5. The number of hydrogen-bond acceptors (Lipinski definition) is 8. The van der Waals surface area contributed by atoms with E-state index in [0.717, 1.165) is 48.7 Å². The molecular formula is C28H34ClN5O3. The highest BCUT2D eigenvalue weighted by atomic mass is 35.5. The molecule has 2 N–H and O–H groups in total. The zero-order chi connectivity index (χ0) is 25.8. The number of rotatable bonds is 10. The van der Waals surface area contributed by atoms with Crippen molar-refractivity contribution < 1.29 is 14.6 Å². The maximum absolute atomic E-state index is 10.1. The molecule has 1 saturated heterocycles. The number of aliphatic hydroxyl groups is 1. The lowest BCUT2D eigenvalue weighted by Crippen LogP contribution is -2.37. The standard InChI is InChI=1S/C28H34ClN5O3/c1-30-15-22(35)17-37-23-12-19(11-20(29)13-23)28-32-26(24-5-8-31-16-25(24)18-3-4-18)14-27(33-28)34(2)21-6-9-36-10-7-21/h5,8,11-14,16,18,21-22,30,35H,3-4,6-7,9-10,15,17H2,1-2H3. The molecule has 0 amide bonds.